The monoisotopic (exact) mass is 277 g/mol. The Labute approximate surface area is 121 Å². The molecule has 0 aromatic carbocycles. The molecule has 1 aliphatic carbocycles. The molecule has 1 aromatic rings. The maximum atomic E-state index is 5.80. The molecule has 0 amide bonds. The van der Waals surface area contributed by atoms with Crippen LogP contribution in [0.25, 0.3) is 0 Å². The molecule has 2 aliphatic rings. The minimum Gasteiger partial charge on any atom is -0.339 e. The van der Waals surface area contributed by atoms with Crippen LogP contribution in [0.3, 0.4) is 0 Å². The van der Waals surface area contributed by atoms with Crippen molar-refractivity contribution >= 4 is 5.95 Å². The fourth-order valence-corrected chi connectivity index (χ4v) is 3.85. The van der Waals surface area contributed by atoms with Gasteiger partial charge in [-0.2, -0.15) is 4.98 Å². The molecule has 5 heteroatoms. The molecule has 1 saturated heterocycles. The topological polar surface area (TPSA) is 70.8 Å². The van der Waals surface area contributed by atoms with E-state index in [1.54, 1.807) is 0 Å². The van der Waals surface area contributed by atoms with Gasteiger partial charge in [-0.25, -0.2) is 0 Å². The Morgan fingerprint density at radius 1 is 1.30 bits per heavy atom. The third-order valence-corrected chi connectivity index (χ3v) is 5.92. The fourth-order valence-electron chi connectivity index (χ4n) is 3.85. The molecule has 3 N–H and O–H groups in total. The normalized spacial score (nSPS) is 28.6. The lowest BCUT2D eigenvalue weighted by atomic mass is 9.99. The van der Waals surface area contributed by atoms with Gasteiger partial charge in [-0.05, 0) is 36.1 Å². The number of nitrogens with zero attached hydrogens (tertiary/aromatic N) is 3. The number of hydrogen-bond acceptors (Lipinski definition) is 4. The van der Waals surface area contributed by atoms with E-state index in [0.29, 0.717) is 22.7 Å². The summed E-state index contributed by atoms with van der Waals surface area (Å²) in [6, 6.07) is 0. The van der Waals surface area contributed by atoms with Crippen molar-refractivity contribution < 1.29 is 0 Å². The van der Waals surface area contributed by atoms with Gasteiger partial charge in [-0.3, -0.25) is 5.10 Å². The average Bonchev–Trinajstić information content (AvgIpc) is 2.75. The van der Waals surface area contributed by atoms with E-state index in [4.69, 9.17) is 10.7 Å². The van der Waals surface area contributed by atoms with E-state index in [2.05, 4.69) is 42.8 Å². The predicted molar refractivity (Wildman–Crippen MR) is 80.7 cm³/mol. The molecule has 1 atom stereocenters. The summed E-state index contributed by atoms with van der Waals surface area (Å²) in [5.74, 6) is 2.97. The van der Waals surface area contributed by atoms with Crippen molar-refractivity contribution in [1.82, 2.24) is 15.2 Å². The maximum absolute atomic E-state index is 5.80. The highest BCUT2D eigenvalue weighted by Crippen LogP contribution is 2.72. The van der Waals surface area contributed by atoms with E-state index in [0.717, 1.165) is 31.4 Å². The largest absolute Gasteiger partial charge is 0.339 e. The Kier molecular flexibility index (Phi) is 3.08. The summed E-state index contributed by atoms with van der Waals surface area (Å²) in [5.41, 5.74) is 6.40. The number of hydrogen-bond donors (Lipinski definition) is 2. The van der Waals surface area contributed by atoms with Gasteiger partial charge in [0.1, 0.15) is 5.82 Å². The Morgan fingerprint density at radius 2 is 2.00 bits per heavy atom. The van der Waals surface area contributed by atoms with Crippen LogP contribution >= 0.6 is 0 Å². The van der Waals surface area contributed by atoms with E-state index < -0.39 is 0 Å². The highest BCUT2D eigenvalue weighted by atomic mass is 15.4. The molecule has 112 valence electrons. The van der Waals surface area contributed by atoms with Crippen LogP contribution in [0.5, 0.6) is 0 Å². The second-order valence-electron chi connectivity index (χ2n) is 7.59. The van der Waals surface area contributed by atoms with Gasteiger partial charge in [0.15, 0.2) is 0 Å². The molecule has 5 nitrogen and oxygen atoms in total. The molecule has 1 aromatic heterocycles. The first-order valence-corrected chi connectivity index (χ1v) is 7.75. The lowest BCUT2D eigenvalue weighted by Crippen LogP contribution is -2.39. The summed E-state index contributed by atoms with van der Waals surface area (Å²) in [6.07, 6.45) is 2.42. The Hall–Kier alpha value is -1.10. The van der Waals surface area contributed by atoms with E-state index in [9.17, 15) is 0 Å². The average molecular weight is 277 g/mol. The van der Waals surface area contributed by atoms with Crippen LogP contribution in [0.1, 0.15) is 52.3 Å². The van der Waals surface area contributed by atoms with Gasteiger partial charge >= 0.3 is 0 Å². The number of piperidine rings is 1. The van der Waals surface area contributed by atoms with Crippen LogP contribution in [0.4, 0.5) is 5.95 Å². The van der Waals surface area contributed by atoms with Crippen molar-refractivity contribution in [1.29, 1.82) is 0 Å². The zero-order valence-corrected chi connectivity index (χ0v) is 13.1. The number of nitrogens with two attached hydrogens (primary N) is 1. The van der Waals surface area contributed by atoms with E-state index in [1.807, 2.05) is 0 Å². The van der Waals surface area contributed by atoms with Crippen LogP contribution in [-0.2, 0) is 0 Å². The van der Waals surface area contributed by atoms with E-state index in [1.165, 1.54) is 12.8 Å². The molecule has 20 heavy (non-hydrogen) atoms. The van der Waals surface area contributed by atoms with Crippen LogP contribution in [0.2, 0.25) is 0 Å². The number of H-pyrrole nitrogens is 1. The van der Waals surface area contributed by atoms with Gasteiger partial charge in [0, 0.05) is 19.0 Å². The third-order valence-electron chi connectivity index (χ3n) is 5.92. The molecule has 3 rings (SSSR count). The Balaban J connectivity index is 1.75. The highest BCUT2D eigenvalue weighted by molar-refractivity contribution is 5.34. The maximum Gasteiger partial charge on any atom is 0.244 e. The summed E-state index contributed by atoms with van der Waals surface area (Å²) >= 11 is 0. The first kappa shape index (κ1) is 13.9. The van der Waals surface area contributed by atoms with Crippen molar-refractivity contribution in [3.8, 4) is 0 Å². The Bertz CT molecular complexity index is 476. The molecule has 0 radical (unpaired) electrons. The summed E-state index contributed by atoms with van der Waals surface area (Å²) < 4.78 is 0. The van der Waals surface area contributed by atoms with Crippen molar-refractivity contribution in [2.45, 2.75) is 46.5 Å². The van der Waals surface area contributed by atoms with Crippen molar-refractivity contribution in [3.63, 3.8) is 0 Å². The summed E-state index contributed by atoms with van der Waals surface area (Å²) in [7, 11) is 0. The number of aromatic amines is 1. The standard InChI is InChI=1S/C15H27N5/c1-14(2)11(15(14,3)4)12-17-13(19-18-12)20-7-5-6-10(8-16)9-20/h10-11H,5-9,16H2,1-4H3,(H,17,18,19). The number of rotatable bonds is 3. The zero-order valence-electron chi connectivity index (χ0n) is 13.1. The van der Waals surface area contributed by atoms with E-state index >= 15 is 0 Å². The first-order chi connectivity index (χ1) is 9.38. The molecule has 1 saturated carbocycles. The van der Waals surface area contributed by atoms with Gasteiger partial charge in [0.25, 0.3) is 0 Å². The van der Waals surface area contributed by atoms with Crippen molar-refractivity contribution in [2.75, 3.05) is 24.5 Å². The Morgan fingerprint density at radius 3 is 2.60 bits per heavy atom. The second-order valence-corrected chi connectivity index (χ2v) is 7.59. The quantitative estimate of drug-likeness (QED) is 0.888. The van der Waals surface area contributed by atoms with Gasteiger partial charge < -0.3 is 10.6 Å². The molecule has 2 heterocycles. The van der Waals surface area contributed by atoms with Crippen LogP contribution in [-0.4, -0.2) is 34.8 Å². The van der Waals surface area contributed by atoms with Gasteiger partial charge in [-0.1, -0.05) is 27.7 Å². The highest BCUT2D eigenvalue weighted by Gasteiger charge is 2.66. The van der Waals surface area contributed by atoms with Gasteiger partial charge in [0.05, 0.1) is 0 Å². The number of aromatic nitrogens is 3. The summed E-state index contributed by atoms with van der Waals surface area (Å²) in [5, 5.41) is 7.63. The molecular weight excluding hydrogens is 250 g/mol. The predicted octanol–water partition coefficient (Wildman–Crippen LogP) is 2.13. The van der Waals surface area contributed by atoms with Gasteiger partial charge in [-0.15, -0.1) is 5.10 Å². The molecule has 0 spiro atoms. The van der Waals surface area contributed by atoms with Crippen LogP contribution in [0.15, 0.2) is 0 Å². The summed E-state index contributed by atoms with van der Waals surface area (Å²) in [6.45, 7) is 12.0. The summed E-state index contributed by atoms with van der Waals surface area (Å²) in [4.78, 5) is 7.06. The molecule has 0 bridgehead atoms. The molecule has 1 aliphatic heterocycles. The van der Waals surface area contributed by atoms with Crippen LogP contribution < -0.4 is 10.6 Å². The smallest absolute Gasteiger partial charge is 0.244 e. The fraction of sp³-hybridized carbons (Fsp3) is 0.867. The minimum absolute atomic E-state index is 0.297. The van der Waals surface area contributed by atoms with E-state index in [-0.39, 0.29) is 0 Å². The van der Waals surface area contributed by atoms with Crippen molar-refractivity contribution in [3.05, 3.63) is 5.82 Å². The number of anilines is 1. The SMILES string of the molecule is CC1(C)C(c2nc(N3CCCC(CN)C3)n[nH]2)C1(C)C. The first-order valence-electron chi connectivity index (χ1n) is 7.75. The minimum atomic E-state index is 0.297. The van der Waals surface area contributed by atoms with Gasteiger partial charge in [0.2, 0.25) is 5.95 Å². The molecule has 1 unspecified atom stereocenters. The lowest BCUT2D eigenvalue weighted by molar-refractivity contribution is 0.419. The lowest BCUT2D eigenvalue weighted by Gasteiger charge is -2.31. The molecular formula is C15H27N5. The zero-order chi connectivity index (χ0) is 14.5. The number of nitrogens with one attached hydrogen (secondary N) is 1. The van der Waals surface area contributed by atoms with Crippen LogP contribution in [0, 0.1) is 16.7 Å². The second kappa shape index (κ2) is 4.45. The molecule has 2 fully saturated rings. The van der Waals surface area contributed by atoms with Crippen molar-refractivity contribution in [2.24, 2.45) is 22.5 Å². The third kappa shape index (κ3) is 1.94.